The highest BCUT2D eigenvalue weighted by Gasteiger charge is 2.23. The maximum atomic E-state index is 4.09. The molecule has 0 aliphatic heterocycles. The van der Waals surface area contributed by atoms with E-state index in [0.717, 1.165) is 5.22 Å². The molecule has 0 saturated carbocycles. The zero-order valence-electron chi connectivity index (χ0n) is 11.6. The van der Waals surface area contributed by atoms with E-state index in [4.69, 9.17) is 0 Å². The highest BCUT2D eigenvalue weighted by molar-refractivity contribution is 6.01. The van der Waals surface area contributed by atoms with E-state index >= 15 is 0 Å². The first-order chi connectivity index (χ1) is 10.3. The molecule has 0 fully saturated rings. The standard InChI is InChI=1S/C21H14/c1-13-5-6-16-12-17-8-7-14-3-2-4-15-9-10-18(19(16)11-13)21(17)20(14)15/h2-12,17H,1H2. The number of hydrogen-bond donors (Lipinski definition) is 0. The maximum absolute atomic E-state index is 4.09. The predicted molar refractivity (Wildman–Crippen MR) is 90.4 cm³/mol. The Kier molecular flexibility index (Phi) is 1.97. The average Bonchev–Trinajstić information content (AvgIpc) is 2.52. The zero-order valence-corrected chi connectivity index (χ0v) is 11.6. The minimum atomic E-state index is 0.391. The summed E-state index contributed by atoms with van der Waals surface area (Å²) in [5.41, 5.74) is 5.49. The first-order valence-electron chi connectivity index (χ1n) is 7.36. The van der Waals surface area contributed by atoms with E-state index in [1.165, 1.54) is 38.2 Å². The lowest BCUT2D eigenvalue weighted by atomic mass is 9.77. The monoisotopic (exact) mass is 266 g/mol. The third kappa shape index (κ3) is 1.39. The second-order valence-corrected chi connectivity index (χ2v) is 5.95. The summed E-state index contributed by atoms with van der Waals surface area (Å²) in [6.07, 6.45) is 6.96. The van der Waals surface area contributed by atoms with Crippen LogP contribution in [-0.2, 0) is 0 Å². The van der Waals surface area contributed by atoms with Gasteiger partial charge in [-0.2, -0.15) is 0 Å². The summed E-state index contributed by atoms with van der Waals surface area (Å²) in [6.45, 7) is 4.09. The van der Waals surface area contributed by atoms with Crippen molar-refractivity contribution >= 4 is 29.5 Å². The van der Waals surface area contributed by atoms with Crippen molar-refractivity contribution in [1.82, 2.24) is 0 Å². The third-order valence-electron chi connectivity index (χ3n) is 4.70. The van der Waals surface area contributed by atoms with Gasteiger partial charge >= 0.3 is 0 Å². The SMILES string of the molecule is C=c1ccc2c(c1)-c1ccc3cccc4c3c1C(C=C4)C=2. The van der Waals surface area contributed by atoms with Crippen molar-refractivity contribution in [2.75, 3.05) is 0 Å². The highest BCUT2D eigenvalue weighted by Crippen LogP contribution is 2.42. The summed E-state index contributed by atoms with van der Waals surface area (Å²) in [4.78, 5) is 0. The Morgan fingerprint density at radius 3 is 2.81 bits per heavy atom. The number of hydrogen-bond acceptors (Lipinski definition) is 0. The quantitative estimate of drug-likeness (QED) is 0.580. The molecule has 2 aliphatic rings. The first-order valence-corrected chi connectivity index (χ1v) is 7.36. The smallest absolute Gasteiger partial charge is 0.0223 e. The lowest BCUT2D eigenvalue weighted by molar-refractivity contribution is 1.14. The van der Waals surface area contributed by atoms with Crippen LogP contribution in [0.2, 0.25) is 0 Å². The molecule has 3 aromatic rings. The lowest BCUT2D eigenvalue weighted by Crippen LogP contribution is -2.18. The van der Waals surface area contributed by atoms with Gasteiger partial charge in [0.15, 0.2) is 0 Å². The van der Waals surface area contributed by atoms with Crippen LogP contribution >= 0.6 is 0 Å². The molecule has 0 saturated heterocycles. The number of allylic oxidation sites excluding steroid dienone is 1. The van der Waals surface area contributed by atoms with Gasteiger partial charge in [0.1, 0.15) is 0 Å². The first kappa shape index (κ1) is 11.1. The third-order valence-corrected chi connectivity index (χ3v) is 4.70. The fourth-order valence-electron chi connectivity index (χ4n) is 3.77. The summed E-state index contributed by atoms with van der Waals surface area (Å²) in [7, 11) is 0. The van der Waals surface area contributed by atoms with Crippen molar-refractivity contribution in [3.05, 3.63) is 76.2 Å². The zero-order chi connectivity index (χ0) is 14.0. The molecule has 0 amide bonds. The Balaban J connectivity index is 2.03. The van der Waals surface area contributed by atoms with Crippen LogP contribution < -0.4 is 10.4 Å². The Hall–Kier alpha value is -2.60. The Bertz CT molecular complexity index is 1050. The van der Waals surface area contributed by atoms with Crippen molar-refractivity contribution in [2.45, 2.75) is 5.92 Å². The van der Waals surface area contributed by atoms with Crippen molar-refractivity contribution in [3.63, 3.8) is 0 Å². The van der Waals surface area contributed by atoms with Crippen LogP contribution in [0.15, 0.2) is 54.6 Å². The molecule has 0 aromatic heterocycles. The molecule has 0 heterocycles. The largest absolute Gasteiger partial charge is 0.0917 e. The van der Waals surface area contributed by atoms with Gasteiger partial charge in [0.2, 0.25) is 0 Å². The van der Waals surface area contributed by atoms with Crippen LogP contribution in [0.25, 0.3) is 40.6 Å². The van der Waals surface area contributed by atoms with E-state index in [-0.39, 0.29) is 0 Å². The molecule has 1 unspecified atom stereocenters. The molecule has 0 nitrogen and oxygen atoms in total. The van der Waals surface area contributed by atoms with Gasteiger partial charge in [-0.1, -0.05) is 67.3 Å². The average molecular weight is 266 g/mol. The van der Waals surface area contributed by atoms with Gasteiger partial charge in [-0.3, -0.25) is 0 Å². The van der Waals surface area contributed by atoms with Gasteiger partial charge in [-0.25, -0.2) is 0 Å². The van der Waals surface area contributed by atoms with Gasteiger partial charge < -0.3 is 0 Å². The van der Waals surface area contributed by atoms with Crippen LogP contribution in [0.5, 0.6) is 0 Å². The van der Waals surface area contributed by atoms with Crippen molar-refractivity contribution in [2.24, 2.45) is 0 Å². The summed E-state index contributed by atoms with van der Waals surface area (Å²) >= 11 is 0. The maximum Gasteiger partial charge on any atom is 0.0223 e. The fourth-order valence-corrected chi connectivity index (χ4v) is 3.77. The number of rotatable bonds is 0. The van der Waals surface area contributed by atoms with Crippen molar-refractivity contribution < 1.29 is 0 Å². The number of fused-ring (bicyclic) bond motifs is 2. The molecular weight excluding hydrogens is 252 g/mol. The molecular formula is C21H14. The van der Waals surface area contributed by atoms with Crippen LogP contribution in [0.4, 0.5) is 0 Å². The molecule has 2 aliphatic carbocycles. The van der Waals surface area contributed by atoms with Crippen LogP contribution in [-0.4, -0.2) is 0 Å². The lowest BCUT2D eigenvalue weighted by Gasteiger charge is -2.26. The van der Waals surface area contributed by atoms with Crippen molar-refractivity contribution in [1.29, 1.82) is 0 Å². The second-order valence-electron chi connectivity index (χ2n) is 5.95. The fraction of sp³-hybridized carbons (Fsp3) is 0.0476. The Morgan fingerprint density at radius 2 is 1.86 bits per heavy atom. The number of benzene rings is 3. The van der Waals surface area contributed by atoms with Crippen molar-refractivity contribution in [3.8, 4) is 11.1 Å². The predicted octanol–water partition coefficient (Wildman–Crippen LogP) is 3.82. The highest BCUT2D eigenvalue weighted by atomic mass is 14.3. The normalized spacial score (nSPS) is 17.4. The Labute approximate surface area is 123 Å². The molecule has 3 aromatic carbocycles. The Morgan fingerprint density at radius 1 is 0.905 bits per heavy atom. The van der Waals surface area contributed by atoms with E-state index in [2.05, 4.69) is 73.3 Å². The van der Waals surface area contributed by atoms with E-state index in [0.29, 0.717) is 5.92 Å². The van der Waals surface area contributed by atoms with Gasteiger partial charge in [0.25, 0.3) is 0 Å². The molecule has 0 heteroatoms. The molecule has 0 bridgehead atoms. The van der Waals surface area contributed by atoms with Gasteiger partial charge in [0.05, 0.1) is 0 Å². The summed E-state index contributed by atoms with van der Waals surface area (Å²) in [6, 6.07) is 17.6. The molecule has 1 atom stereocenters. The minimum Gasteiger partial charge on any atom is -0.0917 e. The van der Waals surface area contributed by atoms with Crippen LogP contribution in [0, 0.1) is 0 Å². The van der Waals surface area contributed by atoms with Gasteiger partial charge in [-0.15, -0.1) is 0 Å². The van der Waals surface area contributed by atoms with Crippen LogP contribution in [0.3, 0.4) is 0 Å². The summed E-state index contributed by atoms with van der Waals surface area (Å²) < 4.78 is 0. The summed E-state index contributed by atoms with van der Waals surface area (Å²) in [5.74, 6) is 0.391. The van der Waals surface area contributed by atoms with E-state index in [9.17, 15) is 0 Å². The molecule has 5 rings (SSSR count). The minimum absolute atomic E-state index is 0.391. The van der Waals surface area contributed by atoms with Gasteiger partial charge in [0, 0.05) is 5.92 Å². The summed E-state index contributed by atoms with van der Waals surface area (Å²) in [5, 5.41) is 5.15. The molecule has 98 valence electrons. The van der Waals surface area contributed by atoms with Gasteiger partial charge in [-0.05, 0) is 49.5 Å². The molecule has 0 radical (unpaired) electrons. The molecule has 0 spiro atoms. The van der Waals surface area contributed by atoms with E-state index < -0.39 is 0 Å². The van der Waals surface area contributed by atoms with E-state index in [1.54, 1.807) is 0 Å². The molecule has 0 N–H and O–H groups in total. The van der Waals surface area contributed by atoms with Crippen LogP contribution in [0.1, 0.15) is 17.0 Å². The van der Waals surface area contributed by atoms with E-state index in [1.807, 2.05) is 0 Å². The second kappa shape index (κ2) is 3.73. The topological polar surface area (TPSA) is 0 Å². The molecule has 21 heavy (non-hydrogen) atoms.